The molecule has 0 saturated carbocycles. The molecule has 1 aromatic heterocycles. The van der Waals surface area contributed by atoms with E-state index in [0.717, 1.165) is 5.69 Å². The summed E-state index contributed by atoms with van der Waals surface area (Å²) in [7, 11) is -2.15. The van der Waals surface area contributed by atoms with Crippen molar-refractivity contribution in [1.29, 1.82) is 0 Å². The minimum absolute atomic E-state index is 0.217. The number of nitrogens with two attached hydrogens (primary N) is 1. The zero-order valence-corrected chi connectivity index (χ0v) is 15.5. The Morgan fingerprint density at radius 2 is 2.15 bits per heavy atom. The van der Waals surface area contributed by atoms with Crippen molar-refractivity contribution in [2.75, 3.05) is 19.3 Å². The zero-order valence-electron chi connectivity index (χ0n) is 14.7. The number of primary amides is 1. The van der Waals surface area contributed by atoms with Gasteiger partial charge in [0.05, 0.1) is 5.75 Å². The van der Waals surface area contributed by atoms with Crippen molar-refractivity contribution >= 4 is 21.8 Å². The maximum Gasteiger partial charge on any atom is 0.240 e. The van der Waals surface area contributed by atoms with Crippen LogP contribution in [0.5, 0.6) is 0 Å². The van der Waals surface area contributed by atoms with Crippen molar-refractivity contribution in [2.24, 2.45) is 5.73 Å². The second-order valence-corrected chi connectivity index (χ2v) is 7.92. The average Bonchev–Trinajstić information content (AvgIpc) is 2.62. The molecule has 0 aliphatic heterocycles. The van der Waals surface area contributed by atoms with Crippen molar-refractivity contribution in [3.8, 4) is 12.3 Å². The van der Waals surface area contributed by atoms with Crippen LogP contribution in [0.2, 0.25) is 0 Å². The van der Waals surface area contributed by atoms with Gasteiger partial charge in [0.25, 0.3) is 0 Å². The second-order valence-electron chi connectivity index (χ2n) is 5.72. The Hall–Kier alpha value is -2.44. The molecule has 1 heterocycles. The largest absolute Gasteiger partial charge is 0.368 e. The summed E-state index contributed by atoms with van der Waals surface area (Å²) in [4.78, 5) is 27.3. The number of terminal acetylenes is 1. The number of hydrogen-bond acceptors (Lipinski definition) is 5. The molecule has 0 aromatic carbocycles. The van der Waals surface area contributed by atoms with Crippen LogP contribution in [-0.4, -0.2) is 54.9 Å². The van der Waals surface area contributed by atoms with Crippen molar-refractivity contribution in [1.82, 2.24) is 14.6 Å². The van der Waals surface area contributed by atoms with Gasteiger partial charge in [-0.25, -0.2) is 12.7 Å². The van der Waals surface area contributed by atoms with E-state index < -0.39 is 27.9 Å². The predicted molar refractivity (Wildman–Crippen MR) is 98.2 cm³/mol. The van der Waals surface area contributed by atoms with Gasteiger partial charge in [-0.3, -0.25) is 14.6 Å². The van der Waals surface area contributed by atoms with Gasteiger partial charge < -0.3 is 11.1 Å². The van der Waals surface area contributed by atoms with E-state index in [-0.39, 0.29) is 31.6 Å². The molecule has 0 unspecified atom stereocenters. The van der Waals surface area contributed by atoms with Crippen molar-refractivity contribution < 1.29 is 18.0 Å². The highest BCUT2D eigenvalue weighted by atomic mass is 32.2. The van der Waals surface area contributed by atoms with Crippen LogP contribution in [0.1, 0.15) is 25.0 Å². The van der Waals surface area contributed by atoms with E-state index in [1.54, 1.807) is 12.3 Å². The van der Waals surface area contributed by atoms with Gasteiger partial charge >= 0.3 is 0 Å². The summed E-state index contributed by atoms with van der Waals surface area (Å²) in [5.74, 6) is 0.728. The number of sulfonamides is 1. The third kappa shape index (κ3) is 7.63. The molecule has 8 nitrogen and oxygen atoms in total. The predicted octanol–water partition coefficient (Wildman–Crippen LogP) is -0.341. The van der Waals surface area contributed by atoms with Gasteiger partial charge in [0.2, 0.25) is 21.8 Å². The molecular formula is C17H24N4O4S. The summed E-state index contributed by atoms with van der Waals surface area (Å²) in [6.07, 6.45) is 7.47. The molecule has 0 aliphatic rings. The standard InChI is InChI=1S/C17H24N4O4S/c1-3-4-8-15(17(18)23)20-16(22)10-13-26(24,25)21(2)12-9-14-7-5-6-11-19-14/h1,5-7,11,15H,4,8-10,12-13H2,2H3,(H2,18,23)(H,20,22)/t15-/m0/s1. The maximum atomic E-state index is 12.3. The van der Waals surface area contributed by atoms with E-state index in [1.807, 2.05) is 12.1 Å². The van der Waals surface area contributed by atoms with Crippen LogP contribution in [0.3, 0.4) is 0 Å². The van der Waals surface area contributed by atoms with Crippen LogP contribution in [0.4, 0.5) is 0 Å². The van der Waals surface area contributed by atoms with Gasteiger partial charge in [-0.2, -0.15) is 0 Å². The van der Waals surface area contributed by atoms with Crippen molar-refractivity contribution in [2.45, 2.75) is 31.7 Å². The van der Waals surface area contributed by atoms with Crippen molar-refractivity contribution in [3.63, 3.8) is 0 Å². The van der Waals surface area contributed by atoms with Crippen molar-refractivity contribution in [3.05, 3.63) is 30.1 Å². The first-order valence-electron chi connectivity index (χ1n) is 8.12. The maximum absolute atomic E-state index is 12.3. The van der Waals surface area contributed by atoms with Crippen LogP contribution in [-0.2, 0) is 26.0 Å². The molecule has 0 fully saturated rings. The van der Waals surface area contributed by atoms with E-state index in [4.69, 9.17) is 12.2 Å². The molecule has 0 aliphatic carbocycles. The van der Waals surface area contributed by atoms with Gasteiger partial charge in [-0.15, -0.1) is 12.3 Å². The highest BCUT2D eigenvalue weighted by Gasteiger charge is 2.22. The minimum atomic E-state index is -3.60. The number of pyridine rings is 1. The number of aromatic nitrogens is 1. The van der Waals surface area contributed by atoms with Crippen LogP contribution < -0.4 is 11.1 Å². The number of nitrogens with one attached hydrogen (secondary N) is 1. The molecule has 0 spiro atoms. The minimum Gasteiger partial charge on any atom is -0.368 e. The van der Waals surface area contributed by atoms with E-state index in [2.05, 4.69) is 16.2 Å². The van der Waals surface area contributed by atoms with Crippen LogP contribution >= 0.6 is 0 Å². The van der Waals surface area contributed by atoms with Crippen LogP contribution in [0, 0.1) is 12.3 Å². The monoisotopic (exact) mass is 380 g/mol. The fourth-order valence-electron chi connectivity index (χ4n) is 2.11. The Bertz CT molecular complexity index is 744. The smallest absolute Gasteiger partial charge is 0.240 e. The molecule has 0 radical (unpaired) electrons. The Balaban J connectivity index is 2.48. The normalized spacial score (nSPS) is 12.3. The number of carbonyl (C=O) groups is 2. The van der Waals surface area contributed by atoms with E-state index in [9.17, 15) is 18.0 Å². The Morgan fingerprint density at radius 1 is 1.42 bits per heavy atom. The summed E-state index contributed by atoms with van der Waals surface area (Å²) in [6, 6.07) is 4.53. The van der Waals surface area contributed by atoms with Crippen LogP contribution in [0.25, 0.3) is 0 Å². The Morgan fingerprint density at radius 3 is 2.73 bits per heavy atom. The molecule has 1 aromatic rings. The first-order chi connectivity index (χ1) is 12.3. The topological polar surface area (TPSA) is 122 Å². The molecule has 142 valence electrons. The first-order valence-corrected chi connectivity index (χ1v) is 9.73. The molecule has 2 amide bonds. The van der Waals surface area contributed by atoms with Gasteiger partial charge in [-0.05, 0) is 18.6 Å². The van der Waals surface area contributed by atoms with E-state index in [1.165, 1.54) is 11.4 Å². The number of carbonyl (C=O) groups excluding carboxylic acids is 2. The molecule has 3 N–H and O–H groups in total. The lowest BCUT2D eigenvalue weighted by atomic mass is 10.1. The fraction of sp³-hybridized carbons (Fsp3) is 0.471. The van der Waals surface area contributed by atoms with Gasteiger partial charge in [0.15, 0.2) is 0 Å². The molecular weight excluding hydrogens is 356 g/mol. The highest BCUT2D eigenvalue weighted by Crippen LogP contribution is 2.04. The number of nitrogens with zero attached hydrogens (tertiary/aromatic N) is 2. The number of rotatable bonds is 11. The Labute approximate surface area is 154 Å². The summed E-state index contributed by atoms with van der Waals surface area (Å²) in [5.41, 5.74) is 5.98. The summed E-state index contributed by atoms with van der Waals surface area (Å²) in [5, 5.41) is 2.42. The zero-order chi connectivity index (χ0) is 19.6. The first kappa shape index (κ1) is 21.6. The lowest BCUT2D eigenvalue weighted by Crippen LogP contribution is -2.45. The average molecular weight is 380 g/mol. The number of amides is 2. The Kier molecular flexibility index (Phi) is 8.75. The number of likely N-dealkylation sites (N-methyl/N-ethyl adjacent to an activating group) is 1. The molecule has 0 bridgehead atoms. The molecule has 1 rings (SSSR count). The number of hydrogen-bond donors (Lipinski definition) is 2. The third-order valence-electron chi connectivity index (χ3n) is 3.73. The fourth-order valence-corrected chi connectivity index (χ4v) is 3.24. The lowest BCUT2D eigenvalue weighted by molar-refractivity contribution is -0.127. The van der Waals surface area contributed by atoms with Gasteiger partial charge in [-0.1, -0.05) is 6.07 Å². The molecule has 1 atom stereocenters. The third-order valence-corrected chi connectivity index (χ3v) is 5.58. The van der Waals surface area contributed by atoms with E-state index in [0.29, 0.717) is 6.42 Å². The van der Waals surface area contributed by atoms with Gasteiger partial charge in [0.1, 0.15) is 6.04 Å². The summed E-state index contributed by atoms with van der Waals surface area (Å²) < 4.78 is 25.7. The van der Waals surface area contributed by atoms with Crippen LogP contribution in [0.15, 0.2) is 24.4 Å². The lowest BCUT2D eigenvalue weighted by Gasteiger charge is -2.18. The molecule has 9 heteroatoms. The second kappa shape index (κ2) is 10.5. The molecule has 0 saturated heterocycles. The summed E-state index contributed by atoms with van der Waals surface area (Å²) in [6.45, 7) is 0.257. The van der Waals surface area contributed by atoms with Gasteiger partial charge in [0, 0.05) is 44.7 Å². The summed E-state index contributed by atoms with van der Waals surface area (Å²) >= 11 is 0. The quantitative estimate of drug-likeness (QED) is 0.509. The highest BCUT2D eigenvalue weighted by molar-refractivity contribution is 7.89. The molecule has 26 heavy (non-hydrogen) atoms. The van der Waals surface area contributed by atoms with E-state index >= 15 is 0 Å². The SMILES string of the molecule is C#CCC[C@H](NC(=O)CCS(=O)(=O)N(C)CCc1ccccn1)C(N)=O.